The lowest BCUT2D eigenvalue weighted by Gasteiger charge is -2.19. The highest BCUT2D eigenvalue weighted by Gasteiger charge is 2.22. The summed E-state index contributed by atoms with van der Waals surface area (Å²) in [6.07, 6.45) is 0. The van der Waals surface area contributed by atoms with E-state index in [1.165, 1.54) is 22.5 Å². The van der Waals surface area contributed by atoms with Crippen molar-refractivity contribution in [2.24, 2.45) is 0 Å². The summed E-state index contributed by atoms with van der Waals surface area (Å²) in [5.41, 5.74) is -0.0417. The first-order valence-electron chi connectivity index (χ1n) is 8.78. The van der Waals surface area contributed by atoms with Gasteiger partial charge in [-0.25, -0.2) is 21.6 Å². The van der Waals surface area contributed by atoms with Gasteiger partial charge in [-0.3, -0.25) is 4.79 Å². The molecule has 0 aliphatic heterocycles. The van der Waals surface area contributed by atoms with E-state index in [9.17, 15) is 26.4 Å². The Bertz CT molecular complexity index is 1010. The van der Waals surface area contributed by atoms with E-state index in [-0.39, 0.29) is 10.6 Å². The summed E-state index contributed by atoms with van der Waals surface area (Å²) >= 11 is 0. The molecule has 0 spiro atoms. The van der Waals surface area contributed by atoms with Crippen LogP contribution >= 0.6 is 0 Å². The second-order valence-corrected chi connectivity index (χ2v) is 8.01. The number of nitrogens with one attached hydrogen (secondary N) is 1. The highest BCUT2D eigenvalue weighted by molar-refractivity contribution is 7.89. The van der Waals surface area contributed by atoms with Crippen molar-refractivity contribution in [1.29, 1.82) is 0 Å². The number of rotatable bonds is 8. The van der Waals surface area contributed by atoms with Gasteiger partial charge in [-0.1, -0.05) is 13.8 Å². The van der Waals surface area contributed by atoms with Gasteiger partial charge in [0.25, 0.3) is 5.91 Å². The highest BCUT2D eigenvalue weighted by atomic mass is 32.2. The average molecular weight is 430 g/mol. The van der Waals surface area contributed by atoms with Gasteiger partial charge >= 0.3 is 0 Å². The Morgan fingerprint density at radius 1 is 1.07 bits per heavy atom. The van der Waals surface area contributed by atoms with Crippen molar-refractivity contribution in [3.05, 3.63) is 53.3 Å². The number of hydrogen-bond acceptors (Lipinski definition) is 4. The third-order valence-corrected chi connectivity index (χ3v) is 6.20. The first-order valence-corrected chi connectivity index (χ1v) is 10.2. The molecule has 0 aliphatic carbocycles. The number of carbonyl (C=O) groups excluding carboxylic acids is 1. The summed E-state index contributed by atoms with van der Waals surface area (Å²) < 4.78 is 71.4. The van der Waals surface area contributed by atoms with Crippen LogP contribution in [0.3, 0.4) is 0 Å². The number of carbonyl (C=O) groups is 1. The molecule has 0 unspecified atom stereocenters. The fourth-order valence-corrected chi connectivity index (χ4v) is 4.15. The van der Waals surface area contributed by atoms with Gasteiger partial charge in [-0.05, 0) is 42.8 Å². The van der Waals surface area contributed by atoms with Crippen LogP contribution in [-0.4, -0.2) is 38.3 Å². The molecule has 0 aliphatic rings. The highest BCUT2D eigenvalue weighted by Crippen LogP contribution is 2.24. The molecule has 0 saturated heterocycles. The first-order chi connectivity index (χ1) is 13.6. The van der Waals surface area contributed by atoms with Gasteiger partial charge in [-0.15, -0.1) is 0 Å². The quantitative estimate of drug-likeness (QED) is 0.651. The maximum atomic E-state index is 13.6. The van der Waals surface area contributed by atoms with E-state index in [0.29, 0.717) is 24.7 Å². The molecule has 0 aromatic heterocycles. The summed E-state index contributed by atoms with van der Waals surface area (Å²) in [5, 5.41) is 2.09. The molecule has 0 atom stereocenters. The minimum atomic E-state index is -3.63. The lowest BCUT2D eigenvalue weighted by molar-refractivity contribution is -0.118. The van der Waals surface area contributed by atoms with Crippen LogP contribution in [0.2, 0.25) is 0 Å². The van der Waals surface area contributed by atoms with Crippen LogP contribution in [-0.2, 0) is 14.8 Å². The zero-order valence-corrected chi connectivity index (χ0v) is 16.9. The molecule has 2 aromatic carbocycles. The van der Waals surface area contributed by atoms with Crippen LogP contribution in [0.25, 0.3) is 0 Å². The molecule has 0 radical (unpaired) electrons. The van der Waals surface area contributed by atoms with E-state index >= 15 is 0 Å². The van der Waals surface area contributed by atoms with Crippen LogP contribution in [0.5, 0.6) is 5.75 Å². The molecule has 29 heavy (non-hydrogen) atoms. The second-order valence-electron chi connectivity index (χ2n) is 6.08. The zero-order valence-electron chi connectivity index (χ0n) is 16.1. The standard InChI is InChI=1S/C19H21F3N2O4S/c1-4-24(5-2)29(26,27)13-6-9-16(12(3)10-13)28-11-17(25)23-15-8-7-14(20)18(21)19(15)22/h6-10H,4-5,11H2,1-3H3,(H,23,25). The Morgan fingerprint density at radius 2 is 1.72 bits per heavy atom. The molecule has 2 aromatic rings. The normalized spacial score (nSPS) is 11.6. The van der Waals surface area contributed by atoms with Crippen LogP contribution in [0, 0.1) is 24.4 Å². The lowest BCUT2D eigenvalue weighted by Crippen LogP contribution is -2.30. The number of amides is 1. The van der Waals surface area contributed by atoms with E-state index in [1.807, 2.05) is 0 Å². The zero-order chi connectivity index (χ0) is 21.8. The summed E-state index contributed by atoms with van der Waals surface area (Å²) in [7, 11) is -3.63. The van der Waals surface area contributed by atoms with E-state index in [4.69, 9.17) is 4.74 Å². The molecule has 0 saturated carbocycles. The van der Waals surface area contributed by atoms with E-state index in [2.05, 4.69) is 5.32 Å². The number of aryl methyl sites for hydroxylation is 1. The maximum absolute atomic E-state index is 13.6. The summed E-state index contributed by atoms with van der Waals surface area (Å²) in [6, 6.07) is 5.79. The molecule has 6 nitrogen and oxygen atoms in total. The van der Waals surface area contributed by atoms with E-state index in [0.717, 1.165) is 6.07 Å². The number of hydrogen-bond donors (Lipinski definition) is 1. The van der Waals surface area contributed by atoms with E-state index in [1.54, 1.807) is 20.8 Å². The van der Waals surface area contributed by atoms with E-state index < -0.39 is 45.7 Å². The van der Waals surface area contributed by atoms with Crippen LogP contribution in [0.15, 0.2) is 35.2 Å². The van der Waals surface area contributed by atoms with Gasteiger partial charge in [0.1, 0.15) is 5.75 Å². The van der Waals surface area contributed by atoms with Crippen molar-refractivity contribution in [2.75, 3.05) is 25.0 Å². The number of sulfonamides is 1. The van der Waals surface area contributed by atoms with Crippen molar-refractivity contribution < 1.29 is 31.1 Å². The Hall–Kier alpha value is -2.59. The number of nitrogens with zero attached hydrogens (tertiary/aromatic N) is 1. The fourth-order valence-electron chi connectivity index (χ4n) is 2.61. The Morgan fingerprint density at radius 3 is 2.31 bits per heavy atom. The lowest BCUT2D eigenvalue weighted by atomic mass is 10.2. The maximum Gasteiger partial charge on any atom is 0.262 e. The minimum absolute atomic E-state index is 0.0966. The van der Waals surface area contributed by atoms with Crippen molar-refractivity contribution >= 4 is 21.6 Å². The minimum Gasteiger partial charge on any atom is -0.483 e. The van der Waals surface area contributed by atoms with Crippen molar-refractivity contribution in [2.45, 2.75) is 25.7 Å². The van der Waals surface area contributed by atoms with Gasteiger partial charge in [0, 0.05) is 13.1 Å². The van der Waals surface area contributed by atoms with Gasteiger partial charge in [0.05, 0.1) is 10.6 Å². The smallest absolute Gasteiger partial charge is 0.262 e. The Labute approximate surface area is 167 Å². The predicted octanol–water partition coefficient (Wildman–Crippen LogP) is 3.46. The molecule has 0 heterocycles. The van der Waals surface area contributed by atoms with Crippen molar-refractivity contribution in [3.8, 4) is 5.75 Å². The van der Waals surface area contributed by atoms with Gasteiger partial charge in [-0.2, -0.15) is 4.31 Å². The SMILES string of the molecule is CCN(CC)S(=O)(=O)c1ccc(OCC(=O)Nc2ccc(F)c(F)c2F)c(C)c1. The van der Waals surface area contributed by atoms with Gasteiger partial charge < -0.3 is 10.1 Å². The summed E-state index contributed by atoms with van der Waals surface area (Å²) in [4.78, 5) is 12.0. The largest absolute Gasteiger partial charge is 0.483 e. The molecule has 0 fully saturated rings. The summed E-state index contributed by atoms with van der Waals surface area (Å²) in [6.45, 7) is 5.21. The third-order valence-electron chi connectivity index (χ3n) is 4.16. The number of halogens is 3. The number of benzene rings is 2. The number of ether oxygens (including phenoxy) is 1. The van der Waals surface area contributed by atoms with Crippen LogP contribution in [0.1, 0.15) is 19.4 Å². The Balaban J connectivity index is 2.08. The predicted molar refractivity (Wildman–Crippen MR) is 102 cm³/mol. The average Bonchev–Trinajstić information content (AvgIpc) is 2.68. The first kappa shape index (κ1) is 22.7. The fraction of sp³-hybridized carbons (Fsp3) is 0.316. The summed E-state index contributed by atoms with van der Waals surface area (Å²) in [5.74, 6) is -5.12. The second kappa shape index (κ2) is 9.27. The van der Waals surface area contributed by atoms with Crippen molar-refractivity contribution in [3.63, 3.8) is 0 Å². The van der Waals surface area contributed by atoms with Crippen molar-refractivity contribution in [1.82, 2.24) is 4.31 Å². The molecule has 10 heteroatoms. The van der Waals surface area contributed by atoms with Crippen LogP contribution < -0.4 is 10.1 Å². The molecule has 158 valence electrons. The third kappa shape index (κ3) is 5.07. The van der Waals surface area contributed by atoms with Gasteiger partial charge in [0.2, 0.25) is 10.0 Å². The molecule has 1 amide bonds. The topological polar surface area (TPSA) is 75.7 Å². The van der Waals surface area contributed by atoms with Crippen LogP contribution in [0.4, 0.5) is 18.9 Å². The molecular weight excluding hydrogens is 409 g/mol. The molecule has 2 rings (SSSR count). The number of anilines is 1. The molecule has 0 bridgehead atoms. The van der Waals surface area contributed by atoms with Gasteiger partial charge in [0.15, 0.2) is 24.1 Å². The monoisotopic (exact) mass is 430 g/mol. The molecule has 1 N–H and O–H groups in total. The molecular formula is C19H21F3N2O4S. The Kier molecular flexibility index (Phi) is 7.26.